The minimum atomic E-state index is -0.143. The van der Waals surface area contributed by atoms with Gasteiger partial charge in [0.25, 0.3) is 5.56 Å². The third-order valence-electron chi connectivity index (χ3n) is 5.12. The largest absolute Gasteiger partial charge is 0.385 e. The first-order chi connectivity index (χ1) is 15.0. The SMILES string of the molecule is COCCCn1c(SCC(=O)c2c(C)[nH]c3ccccc23)nc2cc(Cl)ccc2c1=O. The molecule has 6 nitrogen and oxygen atoms in total. The predicted octanol–water partition coefficient (Wildman–Crippen LogP) is 4.85. The van der Waals surface area contributed by atoms with Crippen LogP contribution >= 0.6 is 23.4 Å². The van der Waals surface area contributed by atoms with Crippen molar-refractivity contribution >= 4 is 51.0 Å². The number of methoxy groups -OCH3 is 1. The fraction of sp³-hybridized carbons (Fsp3) is 0.261. The van der Waals surface area contributed by atoms with Crippen LogP contribution in [0.25, 0.3) is 21.8 Å². The van der Waals surface area contributed by atoms with Crippen molar-refractivity contribution in [3.05, 3.63) is 69.1 Å². The lowest BCUT2D eigenvalue weighted by Gasteiger charge is -2.13. The van der Waals surface area contributed by atoms with Crippen molar-refractivity contribution in [2.45, 2.75) is 25.0 Å². The van der Waals surface area contributed by atoms with Gasteiger partial charge in [0.1, 0.15) is 0 Å². The Bertz CT molecular complexity index is 1330. The molecule has 0 fully saturated rings. The van der Waals surface area contributed by atoms with Gasteiger partial charge in [0.2, 0.25) is 0 Å². The standard InChI is InChI=1S/C23H22ClN3O3S/c1-14-21(16-6-3-4-7-18(16)25-14)20(28)13-31-23-26-19-12-15(24)8-9-17(19)22(29)27(23)10-5-11-30-2/h3-4,6-9,12,25H,5,10-11,13H2,1-2H3. The van der Waals surface area contributed by atoms with Crippen LogP contribution in [0.15, 0.2) is 52.4 Å². The Kier molecular flexibility index (Phi) is 6.46. The predicted molar refractivity (Wildman–Crippen MR) is 126 cm³/mol. The van der Waals surface area contributed by atoms with Crippen molar-refractivity contribution < 1.29 is 9.53 Å². The van der Waals surface area contributed by atoms with Crippen LogP contribution in [-0.2, 0) is 11.3 Å². The highest BCUT2D eigenvalue weighted by Crippen LogP contribution is 2.26. The van der Waals surface area contributed by atoms with Crippen LogP contribution in [0.1, 0.15) is 22.5 Å². The van der Waals surface area contributed by atoms with Gasteiger partial charge >= 0.3 is 0 Å². The summed E-state index contributed by atoms with van der Waals surface area (Å²) < 4.78 is 6.75. The molecule has 0 spiro atoms. The van der Waals surface area contributed by atoms with E-state index < -0.39 is 0 Å². The Morgan fingerprint density at radius 3 is 2.84 bits per heavy atom. The molecule has 0 unspecified atom stereocenters. The Labute approximate surface area is 188 Å². The van der Waals surface area contributed by atoms with Gasteiger partial charge in [-0.1, -0.05) is 41.6 Å². The Morgan fingerprint density at radius 2 is 2.03 bits per heavy atom. The van der Waals surface area contributed by atoms with Crippen LogP contribution in [-0.4, -0.2) is 39.8 Å². The number of nitrogens with one attached hydrogen (secondary N) is 1. The quantitative estimate of drug-likeness (QED) is 0.178. The molecule has 2 heterocycles. The molecule has 0 aliphatic heterocycles. The van der Waals surface area contributed by atoms with Gasteiger partial charge in [-0.3, -0.25) is 14.2 Å². The van der Waals surface area contributed by atoms with Crippen LogP contribution in [0.5, 0.6) is 0 Å². The third-order valence-corrected chi connectivity index (χ3v) is 6.33. The van der Waals surface area contributed by atoms with Crippen LogP contribution in [0.3, 0.4) is 0 Å². The van der Waals surface area contributed by atoms with Gasteiger partial charge < -0.3 is 9.72 Å². The Balaban J connectivity index is 1.67. The monoisotopic (exact) mass is 455 g/mol. The van der Waals surface area contributed by atoms with Gasteiger partial charge in [-0.05, 0) is 37.6 Å². The minimum absolute atomic E-state index is 0.0103. The summed E-state index contributed by atoms with van der Waals surface area (Å²) in [7, 11) is 1.63. The van der Waals surface area contributed by atoms with Crippen molar-refractivity contribution in [3.8, 4) is 0 Å². The number of nitrogens with zero attached hydrogens (tertiary/aromatic N) is 2. The summed E-state index contributed by atoms with van der Waals surface area (Å²) in [5.41, 5.74) is 2.83. The maximum atomic E-state index is 13.1. The second kappa shape index (κ2) is 9.26. The number of carbonyl (C=O) groups excluding carboxylic acids is 1. The Morgan fingerprint density at radius 1 is 1.23 bits per heavy atom. The van der Waals surface area contributed by atoms with Crippen LogP contribution in [0.2, 0.25) is 5.02 Å². The van der Waals surface area contributed by atoms with Crippen molar-refractivity contribution in [3.63, 3.8) is 0 Å². The van der Waals surface area contributed by atoms with Gasteiger partial charge in [0.05, 0.1) is 16.7 Å². The van der Waals surface area contributed by atoms with E-state index in [4.69, 9.17) is 16.3 Å². The van der Waals surface area contributed by atoms with Crippen molar-refractivity contribution in [2.24, 2.45) is 0 Å². The fourth-order valence-electron chi connectivity index (χ4n) is 3.69. The number of H-pyrrole nitrogens is 1. The minimum Gasteiger partial charge on any atom is -0.385 e. The molecule has 0 radical (unpaired) electrons. The summed E-state index contributed by atoms with van der Waals surface area (Å²) in [6.07, 6.45) is 0.667. The maximum Gasteiger partial charge on any atom is 0.262 e. The number of Topliss-reactive ketones (excluding diaryl/α,β-unsaturated/α-hetero) is 1. The summed E-state index contributed by atoms with van der Waals surface area (Å²) in [6, 6.07) is 12.8. The molecule has 31 heavy (non-hydrogen) atoms. The zero-order valence-corrected chi connectivity index (χ0v) is 18.8. The summed E-state index contributed by atoms with van der Waals surface area (Å²) in [5.74, 6) is 0.162. The van der Waals surface area contributed by atoms with Crippen molar-refractivity contribution in [2.75, 3.05) is 19.5 Å². The number of thioether (sulfide) groups is 1. The Hall–Kier alpha value is -2.61. The lowest BCUT2D eigenvalue weighted by molar-refractivity contribution is 0.102. The van der Waals surface area contributed by atoms with Crippen molar-refractivity contribution in [1.82, 2.24) is 14.5 Å². The highest BCUT2D eigenvalue weighted by molar-refractivity contribution is 7.99. The fourth-order valence-corrected chi connectivity index (χ4v) is 4.75. The molecule has 2 aromatic carbocycles. The third kappa shape index (κ3) is 4.39. The van der Waals surface area contributed by atoms with Gasteiger partial charge in [-0.25, -0.2) is 4.98 Å². The number of halogens is 1. The number of hydrogen-bond donors (Lipinski definition) is 1. The number of carbonyl (C=O) groups is 1. The molecule has 4 rings (SSSR count). The summed E-state index contributed by atoms with van der Waals surface area (Å²) in [6.45, 7) is 2.89. The number of ketones is 1. The number of rotatable bonds is 8. The molecular formula is C23H22ClN3O3S. The number of ether oxygens (including phenoxy) is 1. The maximum absolute atomic E-state index is 13.1. The first-order valence-electron chi connectivity index (χ1n) is 9.92. The van der Waals surface area contributed by atoms with E-state index in [1.54, 1.807) is 29.9 Å². The van der Waals surface area contributed by atoms with E-state index in [0.29, 0.717) is 46.2 Å². The summed E-state index contributed by atoms with van der Waals surface area (Å²) in [4.78, 5) is 34.1. The van der Waals surface area contributed by atoms with E-state index in [1.807, 2.05) is 31.2 Å². The van der Waals surface area contributed by atoms with Gasteiger partial charge in [-0.15, -0.1) is 0 Å². The zero-order chi connectivity index (χ0) is 22.0. The smallest absolute Gasteiger partial charge is 0.262 e. The molecule has 2 aromatic heterocycles. The first kappa shape index (κ1) is 21.6. The number of hydrogen-bond acceptors (Lipinski definition) is 5. The molecule has 0 amide bonds. The normalized spacial score (nSPS) is 11.5. The highest BCUT2D eigenvalue weighted by atomic mass is 35.5. The van der Waals surface area contributed by atoms with Crippen LogP contribution in [0.4, 0.5) is 0 Å². The van der Waals surface area contributed by atoms with E-state index in [0.717, 1.165) is 16.6 Å². The molecule has 0 aliphatic rings. The van der Waals surface area contributed by atoms with Gasteiger partial charge in [0, 0.05) is 47.4 Å². The van der Waals surface area contributed by atoms with Gasteiger partial charge in [-0.2, -0.15) is 0 Å². The summed E-state index contributed by atoms with van der Waals surface area (Å²) >= 11 is 7.37. The second-order valence-corrected chi connectivity index (χ2v) is 8.62. The highest BCUT2D eigenvalue weighted by Gasteiger charge is 2.18. The molecule has 1 N–H and O–H groups in total. The molecule has 0 atom stereocenters. The number of aryl methyl sites for hydroxylation is 1. The lowest BCUT2D eigenvalue weighted by Crippen LogP contribution is -2.24. The topological polar surface area (TPSA) is 77.0 Å². The van der Waals surface area contributed by atoms with E-state index >= 15 is 0 Å². The molecule has 0 saturated carbocycles. The number of benzene rings is 2. The number of aromatic nitrogens is 3. The van der Waals surface area contributed by atoms with E-state index in [-0.39, 0.29) is 17.1 Å². The number of fused-ring (bicyclic) bond motifs is 2. The van der Waals surface area contributed by atoms with E-state index in [1.165, 1.54) is 11.8 Å². The summed E-state index contributed by atoms with van der Waals surface area (Å²) in [5, 5.41) is 2.42. The van der Waals surface area contributed by atoms with E-state index in [9.17, 15) is 9.59 Å². The lowest BCUT2D eigenvalue weighted by atomic mass is 10.1. The van der Waals surface area contributed by atoms with Gasteiger partial charge in [0.15, 0.2) is 10.9 Å². The van der Waals surface area contributed by atoms with Crippen LogP contribution in [0, 0.1) is 6.92 Å². The number of aromatic amines is 1. The second-order valence-electron chi connectivity index (χ2n) is 7.24. The molecule has 0 saturated heterocycles. The number of para-hydroxylation sites is 1. The van der Waals surface area contributed by atoms with Crippen LogP contribution < -0.4 is 5.56 Å². The molecular weight excluding hydrogens is 434 g/mol. The zero-order valence-electron chi connectivity index (χ0n) is 17.3. The van der Waals surface area contributed by atoms with Crippen molar-refractivity contribution in [1.29, 1.82) is 0 Å². The van der Waals surface area contributed by atoms with E-state index in [2.05, 4.69) is 9.97 Å². The molecule has 4 aromatic rings. The molecule has 0 bridgehead atoms. The average molecular weight is 456 g/mol. The molecule has 0 aliphatic carbocycles. The molecule has 8 heteroatoms. The average Bonchev–Trinajstić information content (AvgIpc) is 3.09. The molecule has 160 valence electrons. The first-order valence-corrected chi connectivity index (χ1v) is 11.3.